The normalized spacial score (nSPS) is 28.4. The molecule has 0 aromatic rings. The fraction of sp³-hybridized carbons (Fsp3) is 1.00. The molecule has 0 bridgehead atoms. The summed E-state index contributed by atoms with van der Waals surface area (Å²) in [5.41, 5.74) is 0. The van der Waals surface area contributed by atoms with Crippen LogP contribution in [0.15, 0.2) is 0 Å². The highest BCUT2D eigenvalue weighted by Gasteiger charge is 2.12. The molecule has 66 valence electrons. The predicted octanol–water partition coefficient (Wildman–Crippen LogP) is 0.938. The summed E-state index contributed by atoms with van der Waals surface area (Å²) in [6.45, 7) is 10.7. The number of hydrogen-bond acceptors (Lipinski definition) is 2. The lowest BCUT2D eigenvalue weighted by Gasteiger charge is -2.20. The van der Waals surface area contributed by atoms with Crippen molar-refractivity contribution >= 4 is 0 Å². The second kappa shape index (κ2) is 4.73. The topological polar surface area (TPSA) is 15.3 Å². The van der Waals surface area contributed by atoms with Crippen molar-refractivity contribution in [2.45, 2.75) is 20.3 Å². The van der Waals surface area contributed by atoms with Crippen LogP contribution >= 0.6 is 0 Å². The fourth-order valence-electron chi connectivity index (χ4n) is 1.70. The van der Waals surface area contributed by atoms with Gasteiger partial charge in [-0.15, -0.1) is 0 Å². The minimum absolute atomic E-state index is 0.823. The first-order valence-corrected chi connectivity index (χ1v) is 4.76. The van der Waals surface area contributed by atoms with E-state index in [0.29, 0.717) is 0 Å². The first-order valence-electron chi connectivity index (χ1n) is 4.76. The molecule has 0 aromatic carbocycles. The van der Waals surface area contributed by atoms with Gasteiger partial charge in [-0.2, -0.15) is 0 Å². The Morgan fingerprint density at radius 3 is 3.09 bits per heavy atom. The zero-order chi connectivity index (χ0) is 8.10. The molecule has 1 unspecified atom stereocenters. The van der Waals surface area contributed by atoms with Gasteiger partial charge in [0.1, 0.15) is 0 Å². The van der Waals surface area contributed by atoms with Gasteiger partial charge in [-0.25, -0.2) is 0 Å². The average molecular weight is 156 g/mol. The number of nitrogens with one attached hydrogen (secondary N) is 1. The van der Waals surface area contributed by atoms with E-state index in [1.54, 1.807) is 0 Å². The van der Waals surface area contributed by atoms with Gasteiger partial charge >= 0.3 is 0 Å². The van der Waals surface area contributed by atoms with Crippen molar-refractivity contribution in [2.75, 3.05) is 32.7 Å². The van der Waals surface area contributed by atoms with Crippen LogP contribution in [0.2, 0.25) is 0 Å². The lowest BCUT2D eigenvalue weighted by Crippen LogP contribution is -2.30. The van der Waals surface area contributed by atoms with Gasteiger partial charge in [0.05, 0.1) is 0 Å². The molecular weight excluding hydrogens is 136 g/mol. The second-order valence-electron chi connectivity index (χ2n) is 3.61. The van der Waals surface area contributed by atoms with Crippen LogP contribution in [0.1, 0.15) is 20.3 Å². The average Bonchev–Trinajstić information content (AvgIpc) is 2.15. The molecule has 0 saturated carbocycles. The smallest absolute Gasteiger partial charge is 0.0107 e. The van der Waals surface area contributed by atoms with E-state index in [-0.39, 0.29) is 0 Å². The largest absolute Gasteiger partial charge is 0.315 e. The summed E-state index contributed by atoms with van der Waals surface area (Å²) in [7, 11) is 0. The Kier molecular flexibility index (Phi) is 3.87. The number of rotatable bonds is 2. The summed E-state index contributed by atoms with van der Waals surface area (Å²) < 4.78 is 0. The van der Waals surface area contributed by atoms with Gasteiger partial charge < -0.3 is 10.2 Å². The molecule has 0 radical (unpaired) electrons. The van der Waals surface area contributed by atoms with Gasteiger partial charge in [0.15, 0.2) is 0 Å². The third-order valence-corrected chi connectivity index (χ3v) is 2.21. The van der Waals surface area contributed by atoms with E-state index in [1.165, 1.54) is 39.1 Å². The van der Waals surface area contributed by atoms with E-state index in [4.69, 9.17) is 0 Å². The molecule has 1 aliphatic heterocycles. The Labute approximate surface area is 70.0 Å². The van der Waals surface area contributed by atoms with E-state index in [0.717, 1.165) is 5.92 Å². The maximum atomic E-state index is 3.44. The summed E-state index contributed by atoms with van der Waals surface area (Å²) in [6.07, 6.45) is 1.28. The van der Waals surface area contributed by atoms with Gasteiger partial charge in [-0.1, -0.05) is 13.8 Å². The van der Waals surface area contributed by atoms with E-state index in [1.807, 2.05) is 0 Å². The Morgan fingerprint density at radius 1 is 1.55 bits per heavy atom. The summed E-state index contributed by atoms with van der Waals surface area (Å²) in [5, 5.41) is 3.44. The molecule has 1 rings (SSSR count). The Balaban J connectivity index is 2.27. The van der Waals surface area contributed by atoms with Crippen LogP contribution in [-0.4, -0.2) is 37.6 Å². The molecule has 2 heteroatoms. The Bertz CT molecular complexity index is 104. The van der Waals surface area contributed by atoms with Crippen molar-refractivity contribution in [1.29, 1.82) is 0 Å². The van der Waals surface area contributed by atoms with Gasteiger partial charge in [0.25, 0.3) is 0 Å². The summed E-state index contributed by atoms with van der Waals surface area (Å²) in [4.78, 5) is 2.56. The predicted molar refractivity (Wildman–Crippen MR) is 48.8 cm³/mol. The maximum Gasteiger partial charge on any atom is 0.0107 e. The van der Waals surface area contributed by atoms with Crippen molar-refractivity contribution in [1.82, 2.24) is 10.2 Å². The van der Waals surface area contributed by atoms with Crippen LogP contribution in [0.4, 0.5) is 0 Å². The van der Waals surface area contributed by atoms with Crippen LogP contribution in [0, 0.1) is 5.92 Å². The molecule has 0 spiro atoms. The summed E-state index contributed by atoms with van der Waals surface area (Å²) in [6, 6.07) is 0. The highest BCUT2D eigenvalue weighted by Crippen LogP contribution is 2.02. The van der Waals surface area contributed by atoms with Crippen LogP contribution in [0.25, 0.3) is 0 Å². The molecule has 1 N–H and O–H groups in total. The van der Waals surface area contributed by atoms with Crippen LogP contribution in [0.5, 0.6) is 0 Å². The van der Waals surface area contributed by atoms with E-state index >= 15 is 0 Å². The molecule has 11 heavy (non-hydrogen) atoms. The van der Waals surface area contributed by atoms with Crippen molar-refractivity contribution in [2.24, 2.45) is 5.92 Å². The van der Waals surface area contributed by atoms with Gasteiger partial charge in [0, 0.05) is 19.6 Å². The first-order chi connectivity index (χ1) is 5.33. The highest BCUT2D eigenvalue weighted by atomic mass is 15.2. The number of nitrogens with zero attached hydrogens (tertiary/aromatic N) is 1. The lowest BCUT2D eigenvalue weighted by atomic mass is 10.2. The molecule has 0 aromatic heterocycles. The van der Waals surface area contributed by atoms with Crippen LogP contribution < -0.4 is 5.32 Å². The molecule has 1 aliphatic rings. The zero-order valence-corrected chi connectivity index (χ0v) is 7.77. The van der Waals surface area contributed by atoms with Crippen molar-refractivity contribution in [3.63, 3.8) is 0 Å². The van der Waals surface area contributed by atoms with Crippen LogP contribution in [0.3, 0.4) is 0 Å². The standard InChI is InChI=1S/C9H20N2/c1-3-5-11-6-4-10-7-9(2)8-11/h9-10H,3-8H2,1-2H3. The maximum absolute atomic E-state index is 3.44. The third kappa shape index (κ3) is 3.21. The highest BCUT2D eigenvalue weighted by molar-refractivity contribution is 4.69. The van der Waals surface area contributed by atoms with E-state index in [2.05, 4.69) is 24.1 Å². The monoisotopic (exact) mass is 156 g/mol. The molecule has 0 amide bonds. The molecule has 0 aliphatic carbocycles. The minimum Gasteiger partial charge on any atom is -0.315 e. The Hall–Kier alpha value is -0.0800. The van der Waals surface area contributed by atoms with Gasteiger partial charge in [0.2, 0.25) is 0 Å². The quantitative estimate of drug-likeness (QED) is 0.640. The summed E-state index contributed by atoms with van der Waals surface area (Å²) in [5.74, 6) is 0.823. The Morgan fingerprint density at radius 2 is 2.36 bits per heavy atom. The zero-order valence-electron chi connectivity index (χ0n) is 7.77. The first kappa shape index (κ1) is 9.01. The molecule has 2 nitrogen and oxygen atoms in total. The molecule has 1 saturated heterocycles. The fourth-order valence-corrected chi connectivity index (χ4v) is 1.70. The van der Waals surface area contributed by atoms with E-state index < -0.39 is 0 Å². The van der Waals surface area contributed by atoms with Crippen LogP contribution in [-0.2, 0) is 0 Å². The summed E-state index contributed by atoms with van der Waals surface area (Å²) >= 11 is 0. The minimum atomic E-state index is 0.823. The molecule has 1 heterocycles. The lowest BCUT2D eigenvalue weighted by molar-refractivity contribution is 0.265. The van der Waals surface area contributed by atoms with Crippen molar-refractivity contribution in [3.8, 4) is 0 Å². The van der Waals surface area contributed by atoms with Crippen molar-refractivity contribution < 1.29 is 0 Å². The second-order valence-corrected chi connectivity index (χ2v) is 3.61. The SMILES string of the molecule is CCCN1CCNCC(C)C1. The van der Waals surface area contributed by atoms with Crippen molar-refractivity contribution in [3.05, 3.63) is 0 Å². The van der Waals surface area contributed by atoms with E-state index in [9.17, 15) is 0 Å². The van der Waals surface area contributed by atoms with Gasteiger partial charge in [-0.3, -0.25) is 0 Å². The number of hydrogen-bond donors (Lipinski definition) is 1. The third-order valence-electron chi connectivity index (χ3n) is 2.21. The molecular formula is C9H20N2. The molecule has 1 atom stereocenters. The van der Waals surface area contributed by atoms with Gasteiger partial charge in [-0.05, 0) is 25.4 Å². The molecule has 1 fully saturated rings.